The van der Waals surface area contributed by atoms with Gasteiger partial charge in [-0.3, -0.25) is 9.48 Å². The molecule has 0 N–H and O–H groups in total. The Bertz CT molecular complexity index is 907. The van der Waals surface area contributed by atoms with Gasteiger partial charge in [-0.1, -0.05) is 12.1 Å². The van der Waals surface area contributed by atoms with Crippen LogP contribution in [0.25, 0.3) is 0 Å². The van der Waals surface area contributed by atoms with Crippen LogP contribution in [0.1, 0.15) is 17.8 Å². The maximum Gasteiger partial charge on any atom is 0.241 e. The molecule has 2 aromatic rings. The van der Waals surface area contributed by atoms with E-state index in [1.54, 1.807) is 32.7 Å². The number of nitrogens with zero attached hydrogens (tertiary/aromatic N) is 3. The minimum atomic E-state index is -3.76. The predicted molar refractivity (Wildman–Crippen MR) is 103 cm³/mol. The summed E-state index contributed by atoms with van der Waals surface area (Å²) in [6, 6.07) is 7.50. The molecule has 0 aliphatic rings. The van der Waals surface area contributed by atoms with E-state index in [0.717, 1.165) is 21.2 Å². The summed E-state index contributed by atoms with van der Waals surface area (Å²) >= 11 is 1.45. The highest BCUT2D eigenvalue weighted by Gasteiger charge is 2.30. The van der Waals surface area contributed by atoms with Gasteiger partial charge in [0.2, 0.25) is 15.9 Å². The summed E-state index contributed by atoms with van der Waals surface area (Å²) in [5.74, 6) is 0.682. The molecule has 1 heterocycles. The number of amides is 1. The summed E-state index contributed by atoms with van der Waals surface area (Å²) in [6.07, 6.45) is 1.10. The number of para-hydroxylation sites is 1. The van der Waals surface area contributed by atoms with Crippen molar-refractivity contribution in [3.63, 3.8) is 0 Å². The fraction of sp³-hybridized carbons (Fsp3) is 0.412. The summed E-state index contributed by atoms with van der Waals surface area (Å²) < 4.78 is 32.2. The number of benzene rings is 1. The smallest absolute Gasteiger partial charge is 0.241 e. The lowest BCUT2D eigenvalue weighted by Gasteiger charge is -2.20. The van der Waals surface area contributed by atoms with Gasteiger partial charge in [-0.15, -0.1) is 11.8 Å². The number of thioether (sulfide) groups is 1. The number of carbonyl (C=O) groups excluding carboxylic acids is 1. The molecule has 0 fully saturated rings. The summed E-state index contributed by atoms with van der Waals surface area (Å²) in [5, 5.41) is 4.21. The number of hydrogen-bond donors (Lipinski definition) is 0. The predicted octanol–water partition coefficient (Wildman–Crippen LogP) is 2.52. The molecular weight excluding hydrogens is 374 g/mol. The quantitative estimate of drug-likeness (QED) is 0.668. The van der Waals surface area contributed by atoms with Crippen molar-refractivity contribution >= 4 is 33.4 Å². The van der Waals surface area contributed by atoms with Gasteiger partial charge in [0.15, 0.2) is 0 Å². The topological polar surface area (TPSA) is 81.5 Å². The van der Waals surface area contributed by atoms with Gasteiger partial charge in [0.1, 0.15) is 11.4 Å². The highest BCUT2D eigenvalue weighted by molar-refractivity contribution is 7.99. The van der Waals surface area contributed by atoms with Crippen LogP contribution in [-0.4, -0.2) is 43.2 Å². The molecule has 0 aliphatic heterocycles. The summed E-state index contributed by atoms with van der Waals surface area (Å²) in [6.45, 7) is 3.43. The van der Waals surface area contributed by atoms with Crippen LogP contribution in [0.4, 0.5) is 5.69 Å². The van der Waals surface area contributed by atoms with E-state index in [9.17, 15) is 13.2 Å². The van der Waals surface area contributed by atoms with E-state index in [0.29, 0.717) is 22.8 Å². The first-order valence-electron chi connectivity index (χ1n) is 7.96. The molecule has 7 nitrogen and oxygen atoms in total. The van der Waals surface area contributed by atoms with Gasteiger partial charge in [-0.05, 0) is 26.0 Å². The number of methoxy groups -OCH3 is 1. The molecule has 1 amide bonds. The van der Waals surface area contributed by atoms with Crippen LogP contribution in [0.2, 0.25) is 0 Å². The van der Waals surface area contributed by atoms with E-state index in [4.69, 9.17) is 4.74 Å². The average Bonchev–Trinajstić information content (AvgIpc) is 2.81. The lowest BCUT2D eigenvalue weighted by molar-refractivity contribution is -0.117. The van der Waals surface area contributed by atoms with E-state index >= 15 is 0 Å². The summed E-state index contributed by atoms with van der Waals surface area (Å²) in [7, 11) is -0.456. The van der Waals surface area contributed by atoms with Gasteiger partial charge in [-0.25, -0.2) is 12.7 Å². The number of ether oxygens (including phenoxy) is 1. The number of anilines is 1. The van der Waals surface area contributed by atoms with Crippen LogP contribution in [0.3, 0.4) is 0 Å². The highest BCUT2D eigenvalue weighted by atomic mass is 32.2. The van der Waals surface area contributed by atoms with Crippen molar-refractivity contribution in [3.8, 4) is 5.75 Å². The zero-order valence-electron chi connectivity index (χ0n) is 15.5. The first-order valence-corrected chi connectivity index (χ1v) is 10.8. The van der Waals surface area contributed by atoms with Gasteiger partial charge < -0.3 is 4.74 Å². The van der Waals surface area contributed by atoms with Crippen LogP contribution < -0.4 is 9.04 Å². The lowest BCUT2D eigenvalue weighted by atomic mass is 10.3. The Hall–Kier alpha value is -2.00. The third-order valence-electron chi connectivity index (χ3n) is 3.87. The SMILES string of the molecule is COc1ccccc1SCCC(=O)N(c1c(C)nn(C)c1C)S(C)(=O)=O. The molecule has 0 bridgehead atoms. The van der Waals surface area contributed by atoms with Crippen molar-refractivity contribution in [1.82, 2.24) is 9.78 Å². The molecule has 0 saturated heterocycles. The van der Waals surface area contributed by atoms with Crippen molar-refractivity contribution in [2.45, 2.75) is 25.2 Å². The zero-order valence-corrected chi connectivity index (χ0v) is 17.1. The number of hydrogen-bond acceptors (Lipinski definition) is 6. The zero-order chi connectivity index (χ0) is 19.5. The fourth-order valence-electron chi connectivity index (χ4n) is 2.62. The largest absolute Gasteiger partial charge is 0.496 e. The normalized spacial score (nSPS) is 11.4. The number of carbonyl (C=O) groups is 1. The molecule has 9 heteroatoms. The summed E-state index contributed by atoms with van der Waals surface area (Å²) in [5.41, 5.74) is 1.46. The minimum Gasteiger partial charge on any atom is -0.496 e. The van der Waals surface area contributed by atoms with Crippen molar-refractivity contribution in [2.24, 2.45) is 7.05 Å². The molecule has 0 unspecified atom stereocenters. The van der Waals surface area contributed by atoms with Crippen LogP contribution in [0, 0.1) is 13.8 Å². The van der Waals surface area contributed by atoms with E-state index in [1.165, 1.54) is 11.8 Å². The Morgan fingerprint density at radius 3 is 2.50 bits per heavy atom. The number of aromatic nitrogens is 2. The molecule has 1 aromatic heterocycles. The molecule has 0 spiro atoms. The molecule has 2 rings (SSSR count). The van der Waals surface area contributed by atoms with Gasteiger partial charge in [-0.2, -0.15) is 5.10 Å². The second-order valence-corrected chi connectivity index (χ2v) is 8.78. The number of aryl methyl sites for hydroxylation is 2. The minimum absolute atomic E-state index is 0.0730. The Morgan fingerprint density at radius 2 is 1.96 bits per heavy atom. The molecule has 0 saturated carbocycles. The van der Waals surface area contributed by atoms with Crippen molar-refractivity contribution in [1.29, 1.82) is 0 Å². The Morgan fingerprint density at radius 1 is 1.31 bits per heavy atom. The molecule has 0 radical (unpaired) electrons. The molecule has 0 atom stereocenters. The Labute approximate surface area is 158 Å². The standard InChI is InChI=1S/C17H23N3O4S2/c1-12-17(13(2)19(3)18-12)20(26(5,22)23)16(21)10-11-25-15-9-7-6-8-14(15)24-4/h6-9H,10-11H2,1-5H3. The average molecular weight is 398 g/mol. The molecular formula is C17H23N3O4S2. The molecule has 142 valence electrons. The highest BCUT2D eigenvalue weighted by Crippen LogP contribution is 2.31. The van der Waals surface area contributed by atoms with E-state index in [1.807, 2.05) is 24.3 Å². The maximum absolute atomic E-state index is 12.7. The van der Waals surface area contributed by atoms with Gasteiger partial charge in [0.05, 0.1) is 24.8 Å². The first kappa shape index (κ1) is 20.3. The Balaban J connectivity index is 2.18. The molecule has 0 aliphatic carbocycles. The Kier molecular flexibility index (Phi) is 6.35. The van der Waals surface area contributed by atoms with Gasteiger partial charge >= 0.3 is 0 Å². The van der Waals surface area contributed by atoms with E-state index < -0.39 is 15.9 Å². The maximum atomic E-state index is 12.7. The second kappa shape index (κ2) is 8.13. The van der Waals surface area contributed by atoms with E-state index in [-0.39, 0.29) is 6.42 Å². The van der Waals surface area contributed by atoms with Crippen molar-refractivity contribution < 1.29 is 17.9 Å². The van der Waals surface area contributed by atoms with E-state index in [2.05, 4.69) is 5.10 Å². The number of sulfonamides is 1. The van der Waals surface area contributed by atoms with Crippen LogP contribution in [-0.2, 0) is 21.9 Å². The van der Waals surface area contributed by atoms with Crippen LogP contribution >= 0.6 is 11.8 Å². The third-order valence-corrected chi connectivity index (χ3v) is 5.98. The van der Waals surface area contributed by atoms with Gasteiger partial charge in [0.25, 0.3) is 0 Å². The van der Waals surface area contributed by atoms with Crippen molar-refractivity contribution in [2.75, 3.05) is 23.4 Å². The molecule has 26 heavy (non-hydrogen) atoms. The third kappa shape index (κ3) is 4.39. The van der Waals surface area contributed by atoms with Crippen LogP contribution in [0.5, 0.6) is 5.75 Å². The first-order chi connectivity index (χ1) is 12.2. The van der Waals surface area contributed by atoms with Crippen molar-refractivity contribution in [3.05, 3.63) is 35.7 Å². The fourth-order valence-corrected chi connectivity index (χ4v) is 4.64. The number of rotatable bonds is 7. The monoisotopic (exact) mass is 397 g/mol. The second-order valence-electron chi connectivity index (χ2n) is 5.81. The lowest BCUT2D eigenvalue weighted by Crippen LogP contribution is -2.37. The molecule has 1 aromatic carbocycles. The van der Waals surface area contributed by atoms with Crippen LogP contribution in [0.15, 0.2) is 29.2 Å². The summed E-state index contributed by atoms with van der Waals surface area (Å²) in [4.78, 5) is 13.6. The van der Waals surface area contributed by atoms with Gasteiger partial charge in [0, 0.05) is 24.1 Å².